The third kappa shape index (κ3) is 3.46. The summed E-state index contributed by atoms with van der Waals surface area (Å²) < 4.78 is 27.6. The van der Waals surface area contributed by atoms with Gasteiger partial charge in [0.2, 0.25) is 0 Å². The lowest BCUT2D eigenvalue weighted by Gasteiger charge is -2.14. The number of aryl methyl sites for hydroxylation is 1. The van der Waals surface area contributed by atoms with Crippen molar-refractivity contribution in [3.8, 4) is 0 Å². The van der Waals surface area contributed by atoms with Crippen molar-refractivity contribution < 1.29 is 8.42 Å². The highest BCUT2D eigenvalue weighted by atomic mass is 35.5. The topological polar surface area (TPSA) is 71.1 Å². The van der Waals surface area contributed by atoms with Gasteiger partial charge in [0.25, 0.3) is 10.0 Å². The molecule has 0 fully saturated rings. The number of nitrogens with one attached hydrogen (secondary N) is 2. The van der Waals surface area contributed by atoms with E-state index in [0.29, 0.717) is 23.1 Å². The monoisotopic (exact) mass is 325 g/mol. The first-order chi connectivity index (χ1) is 9.95. The van der Waals surface area contributed by atoms with Crippen molar-refractivity contribution in [2.75, 3.05) is 16.6 Å². The van der Waals surface area contributed by atoms with Crippen LogP contribution in [0.2, 0.25) is 5.02 Å². The molecule has 0 radical (unpaired) electrons. The number of halogens is 1. The van der Waals surface area contributed by atoms with Crippen LogP contribution in [0.1, 0.15) is 12.5 Å². The largest absolute Gasteiger partial charge is 0.369 e. The zero-order chi connectivity index (χ0) is 15.5. The molecule has 0 saturated heterocycles. The lowest BCUT2D eigenvalue weighted by atomic mass is 10.2. The van der Waals surface area contributed by atoms with Crippen molar-refractivity contribution in [2.45, 2.75) is 18.7 Å². The van der Waals surface area contributed by atoms with E-state index in [1.165, 1.54) is 12.3 Å². The van der Waals surface area contributed by atoms with E-state index < -0.39 is 10.0 Å². The zero-order valence-corrected chi connectivity index (χ0v) is 13.3. The highest BCUT2D eigenvalue weighted by molar-refractivity contribution is 7.92. The van der Waals surface area contributed by atoms with Gasteiger partial charge in [-0.2, -0.15) is 0 Å². The fourth-order valence-corrected chi connectivity index (χ4v) is 3.47. The summed E-state index contributed by atoms with van der Waals surface area (Å²) >= 11 is 6.07. The molecular weight excluding hydrogens is 310 g/mol. The molecule has 0 aliphatic carbocycles. The van der Waals surface area contributed by atoms with Gasteiger partial charge in [0.1, 0.15) is 10.7 Å². The molecule has 0 unspecified atom stereocenters. The normalized spacial score (nSPS) is 11.2. The van der Waals surface area contributed by atoms with Crippen LogP contribution in [0, 0.1) is 6.92 Å². The Kier molecular flexibility index (Phi) is 4.69. The molecule has 0 aliphatic rings. The predicted molar refractivity (Wildman–Crippen MR) is 85.4 cm³/mol. The minimum absolute atomic E-state index is 0.0890. The van der Waals surface area contributed by atoms with Gasteiger partial charge in [0, 0.05) is 12.7 Å². The van der Waals surface area contributed by atoms with E-state index in [1.54, 1.807) is 31.2 Å². The lowest BCUT2D eigenvalue weighted by molar-refractivity contribution is 0.601. The van der Waals surface area contributed by atoms with Gasteiger partial charge >= 0.3 is 0 Å². The molecule has 0 spiro atoms. The van der Waals surface area contributed by atoms with E-state index >= 15 is 0 Å². The minimum atomic E-state index is -3.77. The first-order valence-corrected chi connectivity index (χ1v) is 8.28. The summed E-state index contributed by atoms with van der Waals surface area (Å²) in [4.78, 5) is 4.15. The predicted octanol–water partition coefficient (Wildman–Crippen LogP) is 3.28. The molecule has 0 saturated carbocycles. The fourth-order valence-electron chi connectivity index (χ4n) is 1.86. The lowest BCUT2D eigenvalue weighted by Crippen LogP contribution is -2.17. The molecule has 0 amide bonds. The number of anilines is 2. The Morgan fingerprint density at radius 2 is 2.00 bits per heavy atom. The van der Waals surface area contributed by atoms with E-state index in [1.807, 2.05) is 6.92 Å². The van der Waals surface area contributed by atoms with Crippen molar-refractivity contribution in [3.05, 3.63) is 47.1 Å². The van der Waals surface area contributed by atoms with Crippen LogP contribution >= 0.6 is 11.6 Å². The second kappa shape index (κ2) is 6.32. The van der Waals surface area contributed by atoms with Crippen molar-refractivity contribution in [2.24, 2.45) is 0 Å². The molecule has 2 aromatic rings. The summed E-state index contributed by atoms with van der Waals surface area (Å²) in [5.41, 5.74) is 1.13. The number of hydrogen-bond donors (Lipinski definition) is 2. The van der Waals surface area contributed by atoms with Crippen LogP contribution in [0.3, 0.4) is 0 Å². The van der Waals surface area contributed by atoms with Gasteiger partial charge in [0.15, 0.2) is 0 Å². The van der Waals surface area contributed by atoms with Crippen LogP contribution in [0.25, 0.3) is 0 Å². The van der Waals surface area contributed by atoms with Gasteiger partial charge in [-0.3, -0.25) is 4.72 Å². The van der Waals surface area contributed by atoms with Crippen LogP contribution in [-0.4, -0.2) is 19.9 Å². The standard InChI is InChI=1S/C14H16ClN3O2S/c1-3-16-14-12(8-5-9-17-14)21(19,20)18-13-10(2)6-4-7-11(13)15/h4-9,18H,3H2,1-2H3,(H,16,17). The molecule has 7 heteroatoms. The van der Waals surface area contributed by atoms with Gasteiger partial charge in [-0.1, -0.05) is 23.7 Å². The number of hydrogen-bond acceptors (Lipinski definition) is 4. The molecule has 112 valence electrons. The van der Waals surface area contributed by atoms with E-state index in [2.05, 4.69) is 15.0 Å². The second-order valence-corrected chi connectivity index (χ2v) is 6.48. The molecule has 1 aromatic carbocycles. The van der Waals surface area contributed by atoms with E-state index in [-0.39, 0.29) is 4.90 Å². The van der Waals surface area contributed by atoms with Crippen LogP contribution in [0.4, 0.5) is 11.5 Å². The summed E-state index contributed by atoms with van der Waals surface area (Å²) in [6.07, 6.45) is 1.54. The number of sulfonamides is 1. The number of para-hydroxylation sites is 1. The average Bonchev–Trinajstić information content (AvgIpc) is 2.44. The number of rotatable bonds is 5. The summed E-state index contributed by atoms with van der Waals surface area (Å²) in [6, 6.07) is 8.27. The Morgan fingerprint density at radius 1 is 1.24 bits per heavy atom. The van der Waals surface area contributed by atoms with Crippen molar-refractivity contribution >= 4 is 33.1 Å². The molecule has 1 heterocycles. The van der Waals surface area contributed by atoms with Crippen LogP contribution in [-0.2, 0) is 10.0 Å². The SMILES string of the molecule is CCNc1ncccc1S(=O)(=O)Nc1c(C)cccc1Cl. The highest BCUT2D eigenvalue weighted by Crippen LogP contribution is 2.29. The molecule has 0 bridgehead atoms. The Bertz CT molecular complexity index is 727. The Balaban J connectivity index is 2.44. The summed E-state index contributed by atoms with van der Waals surface area (Å²) in [5.74, 6) is 0.317. The Labute approximate surface area is 129 Å². The van der Waals surface area contributed by atoms with Crippen LogP contribution < -0.4 is 10.0 Å². The Hall–Kier alpha value is -1.79. The Morgan fingerprint density at radius 3 is 2.67 bits per heavy atom. The smallest absolute Gasteiger partial charge is 0.265 e. The quantitative estimate of drug-likeness (QED) is 0.885. The fraction of sp³-hybridized carbons (Fsp3) is 0.214. The maximum atomic E-state index is 12.6. The van der Waals surface area contributed by atoms with Crippen molar-refractivity contribution in [3.63, 3.8) is 0 Å². The molecule has 1 aromatic heterocycles. The molecule has 0 aliphatic heterocycles. The summed E-state index contributed by atoms with van der Waals surface area (Å²) in [6.45, 7) is 4.24. The number of benzene rings is 1. The molecule has 0 atom stereocenters. The van der Waals surface area contributed by atoms with E-state index in [4.69, 9.17) is 11.6 Å². The molecule has 5 nitrogen and oxygen atoms in total. The first-order valence-electron chi connectivity index (χ1n) is 6.42. The van der Waals surface area contributed by atoms with E-state index in [9.17, 15) is 8.42 Å². The number of pyridine rings is 1. The number of nitrogens with zero attached hydrogens (tertiary/aromatic N) is 1. The molecule has 2 rings (SSSR count). The first kappa shape index (κ1) is 15.6. The van der Waals surface area contributed by atoms with Crippen molar-refractivity contribution in [1.82, 2.24) is 4.98 Å². The van der Waals surface area contributed by atoms with Crippen LogP contribution in [0.15, 0.2) is 41.4 Å². The average molecular weight is 326 g/mol. The van der Waals surface area contributed by atoms with Gasteiger partial charge < -0.3 is 5.32 Å². The van der Waals surface area contributed by atoms with Gasteiger partial charge in [-0.25, -0.2) is 13.4 Å². The zero-order valence-electron chi connectivity index (χ0n) is 11.7. The summed E-state index contributed by atoms with van der Waals surface area (Å²) in [5, 5.41) is 3.29. The minimum Gasteiger partial charge on any atom is -0.369 e. The molecule has 21 heavy (non-hydrogen) atoms. The van der Waals surface area contributed by atoms with Gasteiger partial charge in [-0.05, 0) is 37.6 Å². The second-order valence-electron chi connectivity index (χ2n) is 4.42. The maximum Gasteiger partial charge on any atom is 0.265 e. The summed E-state index contributed by atoms with van der Waals surface area (Å²) in [7, 11) is -3.77. The van der Waals surface area contributed by atoms with Crippen molar-refractivity contribution in [1.29, 1.82) is 0 Å². The third-order valence-corrected chi connectivity index (χ3v) is 4.56. The van der Waals surface area contributed by atoms with E-state index in [0.717, 1.165) is 5.56 Å². The van der Waals surface area contributed by atoms with Gasteiger partial charge in [0.05, 0.1) is 10.7 Å². The van der Waals surface area contributed by atoms with Crippen LogP contribution in [0.5, 0.6) is 0 Å². The van der Waals surface area contributed by atoms with Gasteiger partial charge in [-0.15, -0.1) is 0 Å². The molecule has 2 N–H and O–H groups in total. The maximum absolute atomic E-state index is 12.6. The molecular formula is C14H16ClN3O2S. The highest BCUT2D eigenvalue weighted by Gasteiger charge is 2.21. The third-order valence-electron chi connectivity index (χ3n) is 2.86. The number of aromatic nitrogens is 1.